The van der Waals surface area contributed by atoms with Crippen molar-refractivity contribution in [3.05, 3.63) is 74.6 Å². The van der Waals surface area contributed by atoms with E-state index >= 15 is 0 Å². The lowest BCUT2D eigenvalue weighted by atomic mass is 9.99. The molecule has 0 unspecified atom stereocenters. The number of halogens is 1. The van der Waals surface area contributed by atoms with Crippen LogP contribution in [0.15, 0.2) is 52.6 Å². The minimum atomic E-state index is -0.573. The molecule has 1 aromatic heterocycles. The number of carbonyl (C=O) groups excluding carboxylic acids is 1. The number of non-ortho nitro benzene ring substituents is 1. The SMILES string of the molecule is COC(=O)CC[C@@H]1N=C(c2ccccc2Cl)c2cc([N+](=O)[O-])ccc2-n2c(SCCN)nnc21. The summed E-state index contributed by atoms with van der Waals surface area (Å²) in [5, 5.41) is 21.3. The van der Waals surface area contributed by atoms with Crippen LogP contribution in [0.2, 0.25) is 5.02 Å². The third-order valence-corrected chi connectivity index (χ3v) is 6.55. The number of ether oxygens (including phenoxy) is 1. The summed E-state index contributed by atoms with van der Waals surface area (Å²) in [6.07, 6.45) is 0.408. The van der Waals surface area contributed by atoms with Crippen LogP contribution < -0.4 is 5.73 Å². The van der Waals surface area contributed by atoms with E-state index in [1.54, 1.807) is 24.3 Å². The normalized spacial score (nSPS) is 14.6. The van der Waals surface area contributed by atoms with Gasteiger partial charge < -0.3 is 10.5 Å². The van der Waals surface area contributed by atoms with E-state index in [0.717, 1.165) is 0 Å². The minimum absolute atomic E-state index is 0.0858. The molecular formula is C22H21ClN6O4S. The van der Waals surface area contributed by atoms with Crippen molar-refractivity contribution in [1.82, 2.24) is 14.8 Å². The average molecular weight is 501 g/mol. The molecule has 1 aliphatic rings. The molecule has 0 radical (unpaired) electrons. The number of nitro benzene ring substituents is 1. The van der Waals surface area contributed by atoms with Gasteiger partial charge in [0.1, 0.15) is 6.04 Å². The Morgan fingerprint density at radius 2 is 2.06 bits per heavy atom. The van der Waals surface area contributed by atoms with E-state index in [1.165, 1.54) is 31.0 Å². The number of rotatable bonds is 8. The zero-order chi connectivity index (χ0) is 24.2. The lowest BCUT2D eigenvalue weighted by molar-refractivity contribution is -0.384. The maximum atomic E-state index is 11.9. The molecule has 0 aliphatic carbocycles. The number of fused-ring (bicyclic) bond motifs is 3. The van der Waals surface area contributed by atoms with Gasteiger partial charge >= 0.3 is 5.97 Å². The van der Waals surface area contributed by atoms with E-state index in [1.807, 2.05) is 10.6 Å². The molecule has 12 heteroatoms. The highest BCUT2D eigenvalue weighted by Crippen LogP contribution is 2.37. The Morgan fingerprint density at radius 1 is 1.26 bits per heavy atom. The van der Waals surface area contributed by atoms with Crippen molar-refractivity contribution in [3.8, 4) is 5.69 Å². The molecule has 0 saturated carbocycles. The van der Waals surface area contributed by atoms with Gasteiger partial charge in [-0.05, 0) is 18.6 Å². The summed E-state index contributed by atoms with van der Waals surface area (Å²) in [5.41, 5.74) is 7.84. The fraction of sp³-hybridized carbons (Fsp3) is 0.273. The molecule has 0 amide bonds. The smallest absolute Gasteiger partial charge is 0.305 e. The van der Waals surface area contributed by atoms with Gasteiger partial charge in [-0.1, -0.05) is 41.6 Å². The van der Waals surface area contributed by atoms with Gasteiger partial charge in [0.15, 0.2) is 11.0 Å². The first-order valence-corrected chi connectivity index (χ1v) is 11.8. The summed E-state index contributed by atoms with van der Waals surface area (Å²) in [6.45, 7) is 0.438. The third-order valence-electron chi connectivity index (χ3n) is 5.26. The van der Waals surface area contributed by atoms with Crippen molar-refractivity contribution in [3.63, 3.8) is 0 Å². The van der Waals surface area contributed by atoms with Gasteiger partial charge in [-0.2, -0.15) is 0 Å². The molecule has 0 spiro atoms. The van der Waals surface area contributed by atoms with Crippen LogP contribution in [0.25, 0.3) is 5.69 Å². The van der Waals surface area contributed by atoms with E-state index in [9.17, 15) is 14.9 Å². The van der Waals surface area contributed by atoms with E-state index < -0.39 is 11.0 Å². The number of hydrogen-bond donors (Lipinski definition) is 1. The van der Waals surface area contributed by atoms with Crippen molar-refractivity contribution < 1.29 is 14.5 Å². The summed E-state index contributed by atoms with van der Waals surface area (Å²) in [7, 11) is 1.33. The second-order valence-electron chi connectivity index (χ2n) is 7.36. The van der Waals surface area contributed by atoms with Crippen molar-refractivity contribution in [1.29, 1.82) is 0 Å². The van der Waals surface area contributed by atoms with Crippen LogP contribution in [0, 0.1) is 10.1 Å². The molecule has 176 valence electrons. The first-order chi connectivity index (χ1) is 16.4. The van der Waals surface area contributed by atoms with Gasteiger partial charge in [-0.3, -0.25) is 24.5 Å². The fourth-order valence-electron chi connectivity index (χ4n) is 3.69. The second-order valence-corrected chi connectivity index (χ2v) is 8.83. The van der Waals surface area contributed by atoms with Gasteiger partial charge in [0.05, 0.1) is 23.4 Å². The number of esters is 1. The molecule has 1 aliphatic heterocycles. The van der Waals surface area contributed by atoms with Crippen molar-refractivity contribution in [2.75, 3.05) is 19.4 Å². The lowest BCUT2D eigenvalue weighted by Gasteiger charge is -2.13. The number of carbonyl (C=O) groups is 1. The number of aliphatic imine (C=N–C) groups is 1. The maximum Gasteiger partial charge on any atom is 0.305 e. The first kappa shape index (κ1) is 23.9. The monoisotopic (exact) mass is 500 g/mol. The third kappa shape index (κ3) is 4.67. The van der Waals surface area contributed by atoms with Crippen LogP contribution in [0.3, 0.4) is 0 Å². The summed E-state index contributed by atoms with van der Waals surface area (Å²) >= 11 is 7.94. The number of nitrogens with zero attached hydrogens (tertiary/aromatic N) is 5. The second kappa shape index (κ2) is 10.3. The molecule has 2 heterocycles. The van der Waals surface area contributed by atoms with E-state index in [0.29, 0.717) is 57.2 Å². The van der Waals surface area contributed by atoms with Crippen molar-refractivity contribution in [2.24, 2.45) is 10.7 Å². The molecule has 34 heavy (non-hydrogen) atoms. The summed E-state index contributed by atoms with van der Waals surface area (Å²) in [4.78, 5) is 28.0. The van der Waals surface area contributed by atoms with E-state index in [-0.39, 0.29) is 18.1 Å². The van der Waals surface area contributed by atoms with Crippen LogP contribution in [-0.2, 0) is 9.53 Å². The highest BCUT2D eigenvalue weighted by atomic mass is 35.5. The molecule has 2 aromatic carbocycles. The van der Waals surface area contributed by atoms with Gasteiger partial charge in [0.25, 0.3) is 5.69 Å². The van der Waals surface area contributed by atoms with Crippen LogP contribution >= 0.6 is 23.4 Å². The number of aromatic nitrogens is 3. The number of nitrogens with two attached hydrogens (primary N) is 1. The highest BCUT2D eigenvalue weighted by Gasteiger charge is 2.31. The van der Waals surface area contributed by atoms with Crippen molar-refractivity contribution >= 4 is 40.7 Å². The zero-order valence-electron chi connectivity index (χ0n) is 18.2. The topological polar surface area (TPSA) is 139 Å². The quantitative estimate of drug-likeness (QED) is 0.213. The number of nitro groups is 1. The Balaban J connectivity index is 1.98. The molecule has 4 rings (SSSR count). The molecule has 2 N–H and O–H groups in total. The molecule has 3 aromatic rings. The molecule has 0 fully saturated rings. The van der Waals surface area contributed by atoms with Gasteiger partial charge in [-0.25, -0.2) is 0 Å². The molecule has 0 saturated heterocycles. The predicted molar refractivity (Wildman–Crippen MR) is 129 cm³/mol. The van der Waals surface area contributed by atoms with E-state index in [2.05, 4.69) is 10.2 Å². The average Bonchev–Trinajstić information content (AvgIpc) is 3.20. The minimum Gasteiger partial charge on any atom is -0.469 e. The standard InChI is InChI=1S/C22H21ClN6O4S/c1-33-19(30)9-7-17-21-26-27-22(34-11-10-24)28(21)18-8-6-13(29(31)32)12-15(18)20(25-17)14-4-2-3-5-16(14)23/h2-6,8,12,17H,7,9-11,24H2,1H3/t17-/m0/s1. The Kier molecular flexibility index (Phi) is 7.25. The Bertz CT molecular complexity index is 1280. The van der Waals surface area contributed by atoms with Crippen LogP contribution in [0.5, 0.6) is 0 Å². The Labute approximate surface area is 204 Å². The van der Waals surface area contributed by atoms with Crippen LogP contribution in [0.4, 0.5) is 5.69 Å². The fourth-order valence-corrected chi connectivity index (χ4v) is 4.64. The van der Waals surface area contributed by atoms with Gasteiger partial charge in [0, 0.05) is 47.0 Å². The molecule has 0 bridgehead atoms. The highest BCUT2D eigenvalue weighted by molar-refractivity contribution is 7.99. The predicted octanol–water partition coefficient (Wildman–Crippen LogP) is 3.73. The first-order valence-electron chi connectivity index (χ1n) is 10.4. The van der Waals surface area contributed by atoms with E-state index in [4.69, 9.17) is 27.1 Å². The van der Waals surface area contributed by atoms with Crippen LogP contribution in [0.1, 0.15) is 35.8 Å². The number of hydrogen-bond acceptors (Lipinski definition) is 9. The largest absolute Gasteiger partial charge is 0.469 e. The molecule has 10 nitrogen and oxygen atoms in total. The number of thioether (sulfide) groups is 1. The summed E-state index contributed by atoms with van der Waals surface area (Å²) in [5.74, 6) is 0.738. The maximum absolute atomic E-state index is 11.9. The van der Waals surface area contributed by atoms with Crippen molar-refractivity contribution in [2.45, 2.75) is 24.0 Å². The van der Waals surface area contributed by atoms with Gasteiger partial charge in [0.2, 0.25) is 0 Å². The van der Waals surface area contributed by atoms with Crippen LogP contribution in [-0.4, -0.2) is 50.8 Å². The summed E-state index contributed by atoms with van der Waals surface area (Å²) in [6, 6.07) is 11.1. The summed E-state index contributed by atoms with van der Waals surface area (Å²) < 4.78 is 6.64. The molecular weight excluding hydrogens is 480 g/mol. The number of benzene rings is 2. The van der Waals surface area contributed by atoms with Gasteiger partial charge in [-0.15, -0.1) is 10.2 Å². The molecule has 1 atom stereocenters. The number of methoxy groups -OCH3 is 1. The lowest BCUT2D eigenvalue weighted by Crippen LogP contribution is -2.10. The Hall–Kier alpha value is -3.28. The zero-order valence-corrected chi connectivity index (χ0v) is 19.8. The Morgan fingerprint density at radius 3 is 2.76 bits per heavy atom.